The lowest BCUT2D eigenvalue weighted by molar-refractivity contribution is 0.0371. The first-order chi connectivity index (χ1) is 20.4. The molecule has 0 aliphatic carbocycles. The molecular formula is C30H35ClN4O7S. The number of halogens is 1. The van der Waals surface area contributed by atoms with Crippen molar-refractivity contribution < 1.29 is 32.6 Å². The van der Waals surface area contributed by atoms with Crippen LogP contribution in [0.1, 0.15) is 24.2 Å². The number of anilines is 2. The molecule has 13 heteroatoms. The summed E-state index contributed by atoms with van der Waals surface area (Å²) in [4.78, 5) is 29.7. The molecule has 11 nitrogen and oxygen atoms in total. The van der Waals surface area contributed by atoms with E-state index in [2.05, 4.69) is 10.0 Å². The molecule has 1 aliphatic heterocycles. The van der Waals surface area contributed by atoms with E-state index >= 15 is 0 Å². The molecule has 3 amide bonds. The highest BCUT2D eigenvalue weighted by atomic mass is 35.5. The Morgan fingerprint density at radius 3 is 2.42 bits per heavy atom. The van der Waals surface area contributed by atoms with E-state index in [0.717, 1.165) is 0 Å². The molecule has 0 fully saturated rings. The smallest absolute Gasteiger partial charge is 0.321 e. The van der Waals surface area contributed by atoms with Gasteiger partial charge >= 0.3 is 6.03 Å². The number of carbonyl (C=O) groups excluding carboxylic acids is 2. The number of urea groups is 1. The number of hydrogen-bond donors (Lipinski definition) is 3. The highest BCUT2D eigenvalue weighted by molar-refractivity contribution is 7.92. The summed E-state index contributed by atoms with van der Waals surface area (Å²) in [6.07, 6.45) is -0.538. The average Bonchev–Trinajstić information content (AvgIpc) is 2.99. The second-order valence-electron chi connectivity index (χ2n) is 10.4. The molecule has 4 rings (SSSR count). The third kappa shape index (κ3) is 7.70. The maximum absolute atomic E-state index is 13.7. The van der Waals surface area contributed by atoms with Crippen LogP contribution in [0, 0.1) is 5.92 Å². The molecule has 0 spiro atoms. The van der Waals surface area contributed by atoms with Gasteiger partial charge in [-0.05, 0) is 73.7 Å². The Morgan fingerprint density at radius 1 is 1.14 bits per heavy atom. The predicted molar refractivity (Wildman–Crippen MR) is 165 cm³/mol. The number of benzene rings is 3. The number of hydrogen-bond acceptors (Lipinski definition) is 7. The maximum Gasteiger partial charge on any atom is 0.321 e. The summed E-state index contributed by atoms with van der Waals surface area (Å²) in [5.74, 6) is 0.249. The summed E-state index contributed by atoms with van der Waals surface area (Å²) in [5, 5.41) is 13.2. The molecule has 0 radical (unpaired) electrons. The Balaban J connectivity index is 1.59. The van der Waals surface area contributed by atoms with Gasteiger partial charge in [0.05, 0.1) is 36.8 Å². The van der Waals surface area contributed by atoms with Gasteiger partial charge in [-0.25, -0.2) is 13.2 Å². The van der Waals surface area contributed by atoms with Crippen LogP contribution in [0.3, 0.4) is 0 Å². The normalized spacial score (nSPS) is 17.5. The summed E-state index contributed by atoms with van der Waals surface area (Å²) < 4.78 is 40.0. The molecule has 230 valence electrons. The van der Waals surface area contributed by atoms with Crippen LogP contribution < -0.4 is 19.5 Å². The number of rotatable bonds is 9. The zero-order valence-corrected chi connectivity index (χ0v) is 25.9. The van der Waals surface area contributed by atoms with Gasteiger partial charge in [-0.3, -0.25) is 9.52 Å². The minimum Gasteiger partial charge on any atom is -0.497 e. The maximum atomic E-state index is 13.7. The van der Waals surface area contributed by atoms with Crippen molar-refractivity contribution in [1.82, 2.24) is 9.80 Å². The van der Waals surface area contributed by atoms with Gasteiger partial charge in [-0.15, -0.1) is 0 Å². The standard InChI is InChI=1S/C30H35ClN4O7S/c1-19-16-35(20(2)18-36)29(37)26-15-23(33-43(39,40)25-12-5-21(31)6-13-25)9-14-27(26)42-28(19)17-34(3)30(38)32-22-7-10-24(41-4)11-8-22/h5-15,19-20,28,33,36H,16-18H2,1-4H3,(H,32,38)/t19-,20-,28+/m1/s1. The van der Waals surface area contributed by atoms with Crippen LogP contribution in [0.4, 0.5) is 16.2 Å². The minimum absolute atomic E-state index is 0.00610. The van der Waals surface area contributed by atoms with Crippen LogP contribution in [-0.2, 0) is 10.0 Å². The predicted octanol–water partition coefficient (Wildman–Crippen LogP) is 4.53. The Hall–Kier alpha value is -4.00. The van der Waals surface area contributed by atoms with Crippen molar-refractivity contribution in [2.75, 3.05) is 43.9 Å². The van der Waals surface area contributed by atoms with E-state index in [9.17, 15) is 23.1 Å². The number of nitrogens with one attached hydrogen (secondary N) is 2. The molecule has 3 atom stereocenters. The number of carbonyl (C=O) groups is 2. The largest absolute Gasteiger partial charge is 0.497 e. The first kappa shape index (κ1) is 31.9. The highest BCUT2D eigenvalue weighted by Crippen LogP contribution is 2.31. The van der Waals surface area contributed by atoms with Crippen molar-refractivity contribution in [3.63, 3.8) is 0 Å². The lowest BCUT2D eigenvalue weighted by atomic mass is 9.99. The molecule has 3 aromatic rings. The summed E-state index contributed by atoms with van der Waals surface area (Å²) in [5.41, 5.74) is 0.874. The molecule has 0 bridgehead atoms. The van der Waals surface area contributed by atoms with E-state index in [0.29, 0.717) is 16.5 Å². The number of aliphatic hydroxyl groups excluding tert-OH is 1. The SMILES string of the molecule is COc1ccc(NC(=O)N(C)C[C@@H]2Oc3ccc(NS(=O)(=O)c4ccc(Cl)cc4)cc3C(=O)N([C@H](C)CO)C[C@H]2C)cc1. The molecule has 0 saturated heterocycles. The van der Waals surface area contributed by atoms with Crippen molar-refractivity contribution in [2.45, 2.75) is 30.9 Å². The third-order valence-corrected chi connectivity index (χ3v) is 8.83. The van der Waals surface area contributed by atoms with Crippen molar-refractivity contribution in [3.8, 4) is 11.5 Å². The Labute approximate surface area is 256 Å². The number of methoxy groups -OCH3 is 1. The van der Waals surface area contributed by atoms with Gasteiger partial charge in [0.25, 0.3) is 15.9 Å². The van der Waals surface area contributed by atoms with E-state index in [4.69, 9.17) is 21.1 Å². The van der Waals surface area contributed by atoms with E-state index in [-0.39, 0.29) is 53.5 Å². The number of aliphatic hydroxyl groups is 1. The first-order valence-electron chi connectivity index (χ1n) is 13.6. The van der Waals surface area contributed by atoms with Crippen LogP contribution in [-0.4, -0.2) is 81.3 Å². The van der Waals surface area contributed by atoms with Crippen LogP contribution in [0.15, 0.2) is 71.6 Å². The van der Waals surface area contributed by atoms with Gasteiger partial charge in [0.1, 0.15) is 17.6 Å². The van der Waals surface area contributed by atoms with Crippen molar-refractivity contribution in [3.05, 3.63) is 77.3 Å². The van der Waals surface area contributed by atoms with Gasteiger partial charge in [0.2, 0.25) is 0 Å². The lowest BCUT2D eigenvalue weighted by Gasteiger charge is -2.38. The van der Waals surface area contributed by atoms with Gasteiger partial charge < -0.3 is 29.7 Å². The fourth-order valence-corrected chi connectivity index (χ4v) is 5.75. The Kier molecular flexibility index (Phi) is 10.0. The molecule has 1 aliphatic rings. The van der Waals surface area contributed by atoms with E-state index in [1.54, 1.807) is 45.3 Å². The zero-order valence-electron chi connectivity index (χ0n) is 24.3. The fraction of sp³-hybridized carbons (Fsp3) is 0.333. The number of nitrogens with zero attached hydrogens (tertiary/aromatic N) is 2. The zero-order chi connectivity index (χ0) is 31.3. The molecule has 43 heavy (non-hydrogen) atoms. The van der Waals surface area contributed by atoms with Gasteiger partial charge in [-0.1, -0.05) is 18.5 Å². The topological polar surface area (TPSA) is 138 Å². The quantitative estimate of drug-likeness (QED) is 0.316. The van der Waals surface area contributed by atoms with E-state index in [1.807, 2.05) is 6.92 Å². The molecule has 3 N–H and O–H groups in total. The summed E-state index contributed by atoms with van der Waals surface area (Å²) in [7, 11) is -0.769. The van der Waals surface area contributed by atoms with Crippen LogP contribution in [0.2, 0.25) is 5.02 Å². The number of fused-ring (bicyclic) bond motifs is 1. The van der Waals surface area contributed by atoms with E-state index in [1.165, 1.54) is 52.3 Å². The number of amides is 3. The van der Waals surface area contributed by atoms with Gasteiger partial charge in [0, 0.05) is 35.9 Å². The number of sulfonamides is 1. The summed E-state index contributed by atoms with van der Waals surface area (Å²) in [6, 6.07) is 16.2. The first-order valence-corrected chi connectivity index (χ1v) is 15.4. The molecule has 0 aromatic heterocycles. The fourth-order valence-electron chi connectivity index (χ4n) is 4.58. The lowest BCUT2D eigenvalue weighted by Crippen LogP contribution is -2.50. The van der Waals surface area contributed by atoms with Gasteiger partial charge in [-0.2, -0.15) is 0 Å². The van der Waals surface area contributed by atoms with Crippen molar-refractivity contribution >= 4 is 44.9 Å². The highest BCUT2D eigenvalue weighted by Gasteiger charge is 2.34. The van der Waals surface area contributed by atoms with E-state index < -0.39 is 28.1 Å². The monoisotopic (exact) mass is 630 g/mol. The molecule has 0 saturated carbocycles. The molecule has 3 aromatic carbocycles. The second kappa shape index (κ2) is 13.5. The summed E-state index contributed by atoms with van der Waals surface area (Å²) in [6.45, 7) is 3.78. The van der Waals surface area contributed by atoms with Crippen LogP contribution in [0.25, 0.3) is 0 Å². The van der Waals surface area contributed by atoms with Crippen molar-refractivity contribution in [1.29, 1.82) is 0 Å². The number of ether oxygens (including phenoxy) is 2. The average molecular weight is 631 g/mol. The van der Waals surface area contributed by atoms with Crippen molar-refractivity contribution in [2.24, 2.45) is 5.92 Å². The minimum atomic E-state index is -3.97. The summed E-state index contributed by atoms with van der Waals surface area (Å²) >= 11 is 5.90. The van der Waals surface area contributed by atoms with Gasteiger partial charge in [0.15, 0.2) is 0 Å². The Morgan fingerprint density at radius 2 is 1.79 bits per heavy atom. The van der Waals surface area contributed by atoms with Crippen LogP contribution >= 0.6 is 11.6 Å². The number of likely N-dealkylation sites (N-methyl/N-ethyl adjacent to an activating group) is 1. The molecular weight excluding hydrogens is 596 g/mol. The Bertz CT molecular complexity index is 1550. The second-order valence-corrected chi connectivity index (χ2v) is 12.6. The molecule has 1 heterocycles. The molecule has 0 unspecified atom stereocenters. The third-order valence-electron chi connectivity index (χ3n) is 7.18. The van der Waals surface area contributed by atoms with Crippen LogP contribution in [0.5, 0.6) is 11.5 Å².